The van der Waals surface area contributed by atoms with Crippen LogP contribution in [0.4, 0.5) is 0 Å². The quantitative estimate of drug-likeness (QED) is 0.443. The molecule has 0 saturated heterocycles. The van der Waals surface area contributed by atoms with Crippen molar-refractivity contribution in [3.63, 3.8) is 0 Å². The molecule has 0 aliphatic carbocycles. The van der Waals surface area contributed by atoms with Crippen molar-refractivity contribution in [2.45, 2.75) is 13.5 Å². The number of nitrogens with zero attached hydrogens (tertiary/aromatic N) is 1. The summed E-state index contributed by atoms with van der Waals surface area (Å²) in [6, 6.07) is 8.05. The largest absolute Gasteiger partial charge is 0.459 e. The number of hydrogen-bond donors (Lipinski definition) is 2. The highest BCUT2D eigenvalue weighted by molar-refractivity contribution is 5.82. The molecule has 126 valence electrons. The zero-order valence-electron chi connectivity index (χ0n) is 14.0. The van der Waals surface area contributed by atoms with Crippen molar-refractivity contribution in [2.24, 2.45) is 4.99 Å². The van der Waals surface area contributed by atoms with E-state index in [1.54, 1.807) is 14.2 Å². The maximum Gasteiger partial charge on any atom is 0.191 e. The van der Waals surface area contributed by atoms with Gasteiger partial charge in [0.05, 0.1) is 26.4 Å². The highest BCUT2D eigenvalue weighted by Crippen LogP contribution is 2.24. The molecule has 0 bridgehead atoms. The summed E-state index contributed by atoms with van der Waals surface area (Å²) in [4.78, 5) is 4.19. The number of ether oxygens (including phenoxy) is 2. The van der Waals surface area contributed by atoms with Crippen molar-refractivity contribution < 1.29 is 13.9 Å². The number of para-hydroxylation sites is 1. The number of fused-ring (bicyclic) bond motifs is 1. The van der Waals surface area contributed by atoms with E-state index < -0.39 is 0 Å². The number of benzene rings is 1. The predicted molar refractivity (Wildman–Crippen MR) is 91.8 cm³/mol. The molecular formula is C17H25N3O3. The Balaban J connectivity index is 1.79. The summed E-state index contributed by atoms with van der Waals surface area (Å²) in [7, 11) is 3.40. The summed E-state index contributed by atoms with van der Waals surface area (Å²) in [5, 5.41) is 7.61. The molecule has 0 spiro atoms. The van der Waals surface area contributed by atoms with Gasteiger partial charge in [-0.15, -0.1) is 0 Å². The van der Waals surface area contributed by atoms with Gasteiger partial charge in [0, 0.05) is 31.7 Å². The molecule has 1 heterocycles. The van der Waals surface area contributed by atoms with Crippen LogP contribution in [0.25, 0.3) is 11.0 Å². The number of hydrogen-bond acceptors (Lipinski definition) is 4. The van der Waals surface area contributed by atoms with Gasteiger partial charge in [-0.2, -0.15) is 0 Å². The van der Waals surface area contributed by atoms with Crippen molar-refractivity contribution >= 4 is 16.9 Å². The van der Waals surface area contributed by atoms with E-state index in [1.807, 2.05) is 18.2 Å². The van der Waals surface area contributed by atoms with Crippen LogP contribution in [-0.2, 0) is 16.0 Å². The van der Waals surface area contributed by atoms with Gasteiger partial charge in [-0.25, -0.2) is 0 Å². The van der Waals surface area contributed by atoms with E-state index >= 15 is 0 Å². The first-order valence-electron chi connectivity index (χ1n) is 7.74. The van der Waals surface area contributed by atoms with Gasteiger partial charge in [0.1, 0.15) is 11.3 Å². The second-order valence-electron chi connectivity index (χ2n) is 5.10. The van der Waals surface area contributed by atoms with Crippen LogP contribution in [0.5, 0.6) is 0 Å². The van der Waals surface area contributed by atoms with Gasteiger partial charge in [-0.1, -0.05) is 18.2 Å². The minimum absolute atomic E-state index is 0.588. The van der Waals surface area contributed by atoms with E-state index in [2.05, 4.69) is 28.6 Å². The Morgan fingerprint density at radius 1 is 1.17 bits per heavy atom. The van der Waals surface area contributed by atoms with Gasteiger partial charge < -0.3 is 24.5 Å². The van der Waals surface area contributed by atoms with Gasteiger partial charge in [-0.05, 0) is 13.0 Å². The standard InChI is InChI=1S/C17H25N3O3/c1-13-14-6-4-5-7-15(14)23-16(13)12-20-17(18-2)19-8-9-22-11-10-21-3/h4-7H,8-12H2,1-3H3,(H2,18,19,20). The smallest absolute Gasteiger partial charge is 0.191 e. The molecule has 0 fully saturated rings. The highest BCUT2D eigenvalue weighted by Gasteiger charge is 2.10. The van der Waals surface area contributed by atoms with Gasteiger partial charge in [0.15, 0.2) is 5.96 Å². The second kappa shape index (κ2) is 9.17. The Bertz CT molecular complexity index is 637. The van der Waals surface area contributed by atoms with Crippen LogP contribution in [-0.4, -0.2) is 46.5 Å². The van der Waals surface area contributed by atoms with Crippen LogP contribution >= 0.6 is 0 Å². The number of furan rings is 1. The second-order valence-corrected chi connectivity index (χ2v) is 5.10. The molecule has 2 rings (SSSR count). The number of aryl methyl sites for hydroxylation is 1. The molecule has 0 unspecified atom stereocenters. The van der Waals surface area contributed by atoms with Crippen molar-refractivity contribution in [2.75, 3.05) is 40.5 Å². The minimum Gasteiger partial charge on any atom is -0.459 e. The van der Waals surface area contributed by atoms with Crippen molar-refractivity contribution in [3.8, 4) is 0 Å². The molecule has 1 aromatic heterocycles. The first-order chi connectivity index (χ1) is 11.3. The van der Waals surface area contributed by atoms with Crippen LogP contribution in [0.3, 0.4) is 0 Å². The van der Waals surface area contributed by atoms with Crippen molar-refractivity contribution in [1.29, 1.82) is 0 Å². The molecule has 0 amide bonds. The molecule has 0 radical (unpaired) electrons. The molecule has 2 aromatic rings. The average molecular weight is 319 g/mol. The summed E-state index contributed by atoms with van der Waals surface area (Å²) in [6.45, 7) is 5.16. The maximum atomic E-state index is 5.88. The molecule has 0 saturated carbocycles. The third-order valence-electron chi connectivity index (χ3n) is 3.55. The number of guanidine groups is 1. The van der Waals surface area contributed by atoms with E-state index in [9.17, 15) is 0 Å². The third-order valence-corrected chi connectivity index (χ3v) is 3.55. The molecule has 1 aromatic carbocycles. The predicted octanol–water partition coefficient (Wildman–Crippen LogP) is 2.07. The van der Waals surface area contributed by atoms with E-state index in [4.69, 9.17) is 13.9 Å². The number of nitrogens with one attached hydrogen (secondary N) is 2. The molecular weight excluding hydrogens is 294 g/mol. The Kier molecular flexibility index (Phi) is 6.90. The summed E-state index contributed by atoms with van der Waals surface area (Å²) in [5.41, 5.74) is 2.07. The molecule has 0 aliphatic heterocycles. The Morgan fingerprint density at radius 3 is 2.74 bits per heavy atom. The SMILES string of the molecule is CN=C(NCCOCCOC)NCc1oc2ccccc2c1C. The fourth-order valence-corrected chi connectivity index (χ4v) is 2.26. The van der Waals surface area contributed by atoms with Crippen LogP contribution < -0.4 is 10.6 Å². The fourth-order valence-electron chi connectivity index (χ4n) is 2.26. The lowest BCUT2D eigenvalue weighted by Crippen LogP contribution is -2.38. The topological polar surface area (TPSA) is 68.0 Å². The normalized spacial score (nSPS) is 11.9. The number of methoxy groups -OCH3 is 1. The van der Waals surface area contributed by atoms with Crippen LogP contribution in [0.2, 0.25) is 0 Å². The first kappa shape index (κ1) is 17.3. The van der Waals surface area contributed by atoms with Crippen molar-refractivity contribution in [3.05, 3.63) is 35.6 Å². The number of aliphatic imine (C=N–C) groups is 1. The molecule has 0 atom stereocenters. The van der Waals surface area contributed by atoms with Gasteiger partial charge in [-0.3, -0.25) is 4.99 Å². The summed E-state index contributed by atoms with van der Waals surface area (Å²) < 4.78 is 16.2. The summed E-state index contributed by atoms with van der Waals surface area (Å²) in [6.07, 6.45) is 0. The maximum absolute atomic E-state index is 5.88. The van der Waals surface area contributed by atoms with Crippen molar-refractivity contribution in [1.82, 2.24) is 10.6 Å². The van der Waals surface area contributed by atoms with Crippen LogP contribution in [0, 0.1) is 6.92 Å². The third kappa shape index (κ3) is 4.97. The zero-order valence-corrected chi connectivity index (χ0v) is 14.0. The lowest BCUT2D eigenvalue weighted by Gasteiger charge is -2.11. The lowest BCUT2D eigenvalue weighted by molar-refractivity contribution is 0.0733. The van der Waals surface area contributed by atoms with Crippen LogP contribution in [0.15, 0.2) is 33.7 Å². The van der Waals surface area contributed by atoms with Gasteiger partial charge >= 0.3 is 0 Å². The number of rotatable bonds is 8. The Morgan fingerprint density at radius 2 is 2.00 bits per heavy atom. The lowest BCUT2D eigenvalue weighted by atomic mass is 10.1. The Labute approximate surface area is 136 Å². The molecule has 2 N–H and O–H groups in total. The monoisotopic (exact) mass is 319 g/mol. The van der Waals surface area contributed by atoms with E-state index in [0.29, 0.717) is 32.9 Å². The van der Waals surface area contributed by atoms with Gasteiger partial charge in [0.25, 0.3) is 0 Å². The first-order valence-corrected chi connectivity index (χ1v) is 7.74. The highest BCUT2D eigenvalue weighted by atomic mass is 16.5. The molecule has 6 nitrogen and oxygen atoms in total. The average Bonchev–Trinajstić information content (AvgIpc) is 2.90. The molecule has 6 heteroatoms. The van der Waals surface area contributed by atoms with E-state index in [1.165, 1.54) is 0 Å². The van der Waals surface area contributed by atoms with Crippen LogP contribution in [0.1, 0.15) is 11.3 Å². The molecule has 0 aliphatic rings. The summed E-state index contributed by atoms with van der Waals surface area (Å²) in [5.74, 6) is 1.64. The molecule has 23 heavy (non-hydrogen) atoms. The zero-order chi connectivity index (χ0) is 16.5. The van der Waals surface area contributed by atoms with Gasteiger partial charge in [0.2, 0.25) is 0 Å². The summed E-state index contributed by atoms with van der Waals surface area (Å²) >= 11 is 0. The Hall–Kier alpha value is -2.05. The minimum atomic E-state index is 0.588. The van der Waals surface area contributed by atoms with E-state index in [0.717, 1.165) is 28.3 Å². The van der Waals surface area contributed by atoms with E-state index in [-0.39, 0.29) is 0 Å². The fraction of sp³-hybridized carbons (Fsp3) is 0.471.